The number of nitrogens with one attached hydrogen (secondary N) is 1. The first-order chi connectivity index (χ1) is 11.7. The highest BCUT2D eigenvalue weighted by Gasteiger charge is 2.16. The molecule has 0 spiro atoms. The molecule has 0 radical (unpaired) electrons. The van der Waals surface area contributed by atoms with Crippen LogP contribution in [0.3, 0.4) is 0 Å². The van der Waals surface area contributed by atoms with Crippen LogP contribution in [0.15, 0.2) is 36.5 Å². The molecule has 5 heteroatoms. The quantitative estimate of drug-likeness (QED) is 0.633. The van der Waals surface area contributed by atoms with Gasteiger partial charge in [0.15, 0.2) is 0 Å². The summed E-state index contributed by atoms with van der Waals surface area (Å²) >= 11 is 0. The fraction of sp³-hybridized carbons (Fsp3) is 0.474. The normalized spacial score (nSPS) is 18.0. The molecule has 2 aromatic heterocycles. The van der Waals surface area contributed by atoms with Crippen LogP contribution in [0.5, 0.6) is 0 Å². The van der Waals surface area contributed by atoms with Gasteiger partial charge in [-0.25, -0.2) is 4.52 Å². The fourth-order valence-electron chi connectivity index (χ4n) is 3.52. The smallest absolute Gasteiger partial charge is 0.253 e. The molecule has 0 bridgehead atoms. The Bertz CT molecular complexity index is 735. The van der Waals surface area contributed by atoms with Gasteiger partial charge >= 0.3 is 0 Å². The zero-order chi connectivity index (χ0) is 16.9. The lowest BCUT2D eigenvalue weighted by Gasteiger charge is -2.23. The zero-order valence-corrected chi connectivity index (χ0v) is 14.0. The minimum absolute atomic E-state index is 0.0851. The van der Waals surface area contributed by atoms with Gasteiger partial charge in [-0.15, -0.1) is 0 Å². The molecule has 1 fully saturated rings. The van der Waals surface area contributed by atoms with Crippen molar-refractivity contribution in [1.82, 2.24) is 14.9 Å². The summed E-state index contributed by atoms with van der Waals surface area (Å²) in [7, 11) is 0. The molecule has 1 saturated carbocycles. The molecular formula is C19H25N3O2. The summed E-state index contributed by atoms with van der Waals surface area (Å²) in [5, 5.41) is 16.4. The summed E-state index contributed by atoms with van der Waals surface area (Å²) in [5.74, 6) is 0.645. The third-order valence-corrected chi connectivity index (χ3v) is 4.75. The number of rotatable bonds is 6. The second-order valence-electron chi connectivity index (χ2n) is 6.66. The highest BCUT2D eigenvalue weighted by atomic mass is 16.3. The monoisotopic (exact) mass is 327 g/mol. The van der Waals surface area contributed by atoms with Gasteiger partial charge in [-0.1, -0.05) is 12.2 Å². The number of hydrogen-bond acceptors (Lipinski definition) is 3. The maximum absolute atomic E-state index is 12.4. The number of allylic oxidation sites excluding steroid dienone is 1. The fourth-order valence-corrected chi connectivity index (χ4v) is 3.52. The van der Waals surface area contributed by atoms with Crippen molar-refractivity contribution in [3.05, 3.63) is 47.8 Å². The Balaban J connectivity index is 1.53. The van der Waals surface area contributed by atoms with Gasteiger partial charge in [0.1, 0.15) is 0 Å². The predicted octanol–water partition coefficient (Wildman–Crippen LogP) is 3.08. The minimum atomic E-state index is -0.130. The third kappa shape index (κ3) is 3.85. The highest BCUT2D eigenvalue weighted by molar-refractivity contribution is 6.00. The van der Waals surface area contributed by atoms with Crippen LogP contribution >= 0.6 is 0 Å². The zero-order valence-electron chi connectivity index (χ0n) is 14.0. The van der Waals surface area contributed by atoms with Gasteiger partial charge < -0.3 is 10.4 Å². The van der Waals surface area contributed by atoms with Crippen molar-refractivity contribution in [1.29, 1.82) is 0 Å². The van der Waals surface area contributed by atoms with E-state index in [-0.39, 0.29) is 12.5 Å². The van der Waals surface area contributed by atoms with Crippen LogP contribution in [0, 0.1) is 5.92 Å². The highest BCUT2D eigenvalue weighted by Crippen LogP contribution is 2.30. The number of carbonyl (C=O) groups excluding carboxylic acids is 1. The molecule has 2 N–H and O–H groups in total. The number of pyridine rings is 1. The molecule has 1 aliphatic rings. The van der Waals surface area contributed by atoms with Gasteiger partial charge in [0.25, 0.3) is 5.91 Å². The first-order valence-corrected chi connectivity index (χ1v) is 8.70. The Kier molecular flexibility index (Phi) is 5.30. The van der Waals surface area contributed by atoms with Crippen LogP contribution in [0.1, 0.15) is 54.6 Å². The van der Waals surface area contributed by atoms with Gasteiger partial charge in [0, 0.05) is 12.7 Å². The maximum atomic E-state index is 12.4. The molecule has 3 rings (SSSR count). The second-order valence-corrected chi connectivity index (χ2v) is 6.66. The molecule has 1 amide bonds. The van der Waals surface area contributed by atoms with Gasteiger partial charge in [0.2, 0.25) is 0 Å². The second kappa shape index (κ2) is 7.62. The minimum Gasteiger partial charge on any atom is -0.390 e. The molecule has 0 aromatic carbocycles. The van der Waals surface area contributed by atoms with Crippen molar-refractivity contribution in [2.75, 3.05) is 6.54 Å². The van der Waals surface area contributed by atoms with Crippen molar-refractivity contribution in [3.8, 4) is 0 Å². The average molecular weight is 327 g/mol. The Morgan fingerprint density at radius 1 is 1.50 bits per heavy atom. The number of nitrogens with zero attached hydrogens (tertiary/aromatic N) is 2. The summed E-state index contributed by atoms with van der Waals surface area (Å²) in [6.07, 6.45) is 8.78. The molecule has 1 aliphatic carbocycles. The van der Waals surface area contributed by atoms with Crippen molar-refractivity contribution >= 4 is 11.4 Å². The first-order valence-electron chi connectivity index (χ1n) is 8.70. The van der Waals surface area contributed by atoms with Crippen molar-refractivity contribution in [3.63, 3.8) is 0 Å². The maximum Gasteiger partial charge on any atom is 0.253 e. The van der Waals surface area contributed by atoms with E-state index in [1.165, 1.54) is 24.8 Å². The SMILES string of the molecule is C=C1CCCC(CCCNC(=O)c2cccn3nc(CO)cc23)C1. The number of aromatic nitrogens is 2. The van der Waals surface area contributed by atoms with E-state index in [1.807, 2.05) is 0 Å². The van der Waals surface area contributed by atoms with E-state index in [9.17, 15) is 9.90 Å². The Labute approximate surface area is 142 Å². The van der Waals surface area contributed by atoms with Crippen molar-refractivity contribution in [2.24, 2.45) is 5.92 Å². The third-order valence-electron chi connectivity index (χ3n) is 4.75. The van der Waals surface area contributed by atoms with E-state index in [4.69, 9.17) is 0 Å². The first kappa shape index (κ1) is 16.7. The number of amides is 1. The van der Waals surface area contributed by atoms with Gasteiger partial charge in [-0.05, 0) is 62.6 Å². The molecule has 24 heavy (non-hydrogen) atoms. The Morgan fingerprint density at radius 2 is 2.38 bits per heavy atom. The van der Waals surface area contributed by atoms with Crippen LogP contribution in [0.25, 0.3) is 5.52 Å². The van der Waals surface area contributed by atoms with Crippen LogP contribution in [-0.4, -0.2) is 27.2 Å². The average Bonchev–Trinajstić information content (AvgIpc) is 3.02. The lowest BCUT2D eigenvalue weighted by molar-refractivity contribution is 0.0953. The van der Waals surface area contributed by atoms with Gasteiger partial charge in [-0.3, -0.25) is 4.79 Å². The molecule has 128 valence electrons. The standard InChI is InChI=1S/C19H25N3O2/c1-14-5-2-6-15(11-14)7-3-9-20-19(24)17-8-4-10-22-18(17)12-16(13-23)21-22/h4,8,10,12,15,23H,1-3,5-7,9,11,13H2,(H,20,24). The van der Waals surface area contributed by atoms with E-state index in [0.29, 0.717) is 17.8 Å². The number of aliphatic hydroxyl groups is 1. The predicted molar refractivity (Wildman–Crippen MR) is 93.8 cm³/mol. The van der Waals surface area contributed by atoms with Crippen molar-refractivity contribution < 1.29 is 9.90 Å². The molecule has 2 heterocycles. The van der Waals surface area contributed by atoms with E-state index in [1.54, 1.807) is 28.9 Å². The lowest BCUT2D eigenvalue weighted by Crippen LogP contribution is -2.25. The number of hydrogen-bond donors (Lipinski definition) is 2. The number of aliphatic hydroxyl groups excluding tert-OH is 1. The summed E-state index contributed by atoms with van der Waals surface area (Å²) in [6.45, 7) is 4.66. The molecule has 5 nitrogen and oxygen atoms in total. The number of fused-ring (bicyclic) bond motifs is 1. The lowest BCUT2D eigenvalue weighted by atomic mass is 9.83. The molecular weight excluding hydrogens is 302 g/mol. The summed E-state index contributed by atoms with van der Waals surface area (Å²) < 4.78 is 1.63. The topological polar surface area (TPSA) is 66.6 Å². The van der Waals surface area contributed by atoms with Crippen LogP contribution in [0.2, 0.25) is 0 Å². The summed E-state index contributed by atoms with van der Waals surface area (Å²) in [5.41, 5.74) is 3.26. The molecule has 0 saturated heterocycles. The van der Waals surface area contributed by atoms with E-state index >= 15 is 0 Å². The van der Waals surface area contributed by atoms with Crippen LogP contribution < -0.4 is 5.32 Å². The summed E-state index contributed by atoms with van der Waals surface area (Å²) in [4.78, 5) is 12.4. The Morgan fingerprint density at radius 3 is 3.17 bits per heavy atom. The van der Waals surface area contributed by atoms with Crippen molar-refractivity contribution in [2.45, 2.75) is 45.1 Å². The molecule has 0 aliphatic heterocycles. The molecule has 2 aromatic rings. The summed E-state index contributed by atoms with van der Waals surface area (Å²) in [6, 6.07) is 5.34. The van der Waals surface area contributed by atoms with E-state index in [2.05, 4.69) is 17.0 Å². The number of carbonyl (C=O) groups is 1. The largest absolute Gasteiger partial charge is 0.390 e. The molecule has 1 atom stereocenters. The van der Waals surface area contributed by atoms with E-state index < -0.39 is 0 Å². The molecule has 1 unspecified atom stereocenters. The van der Waals surface area contributed by atoms with Gasteiger partial charge in [-0.2, -0.15) is 5.10 Å². The van der Waals surface area contributed by atoms with Crippen LogP contribution in [-0.2, 0) is 6.61 Å². The van der Waals surface area contributed by atoms with Gasteiger partial charge in [0.05, 0.1) is 23.4 Å². The Hall–Kier alpha value is -2.14. The van der Waals surface area contributed by atoms with Crippen LogP contribution in [0.4, 0.5) is 0 Å². The van der Waals surface area contributed by atoms with E-state index in [0.717, 1.165) is 30.7 Å².